The van der Waals surface area contributed by atoms with Gasteiger partial charge in [-0.1, -0.05) is 18.2 Å². The average Bonchev–Trinajstić information content (AvgIpc) is 2.73. The van der Waals surface area contributed by atoms with Gasteiger partial charge in [-0.3, -0.25) is 4.79 Å². The second-order valence-corrected chi connectivity index (χ2v) is 5.07. The van der Waals surface area contributed by atoms with Crippen LogP contribution in [-0.2, 0) is 4.79 Å². The highest BCUT2D eigenvalue weighted by Crippen LogP contribution is 2.55. The number of allylic oxidation sites excluding steroid dienone is 3. The Balaban J connectivity index is 2.23. The Morgan fingerprint density at radius 1 is 1.67 bits per heavy atom. The summed E-state index contributed by atoms with van der Waals surface area (Å²) in [5.41, 5.74) is 0.0910. The first-order chi connectivity index (χ1) is 7.09. The third kappa shape index (κ3) is 1.52. The lowest BCUT2D eigenvalue weighted by Gasteiger charge is -2.32. The molecule has 2 heteroatoms. The molecule has 1 amide bonds. The normalized spacial score (nSPS) is 36.9. The van der Waals surface area contributed by atoms with Crippen molar-refractivity contribution in [3.63, 3.8) is 0 Å². The topological polar surface area (TPSA) is 20.3 Å². The minimum absolute atomic E-state index is 0.0910. The molecule has 1 fully saturated rings. The Bertz CT molecular complexity index is 318. The fraction of sp³-hybridized carbons (Fsp3) is 0.615. The zero-order valence-corrected chi connectivity index (χ0v) is 9.57. The SMILES string of the molecule is C=CCC12C=CC(CC1C(=O)N(C)C)C2. The molecule has 1 saturated carbocycles. The lowest BCUT2D eigenvalue weighted by Crippen LogP contribution is -2.37. The largest absolute Gasteiger partial charge is 0.349 e. The van der Waals surface area contributed by atoms with Crippen LogP contribution in [0.5, 0.6) is 0 Å². The van der Waals surface area contributed by atoms with Gasteiger partial charge in [0.1, 0.15) is 0 Å². The maximum absolute atomic E-state index is 12.1. The summed E-state index contributed by atoms with van der Waals surface area (Å²) in [6.07, 6.45) is 9.60. The van der Waals surface area contributed by atoms with Crippen molar-refractivity contribution >= 4 is 5.91 Å². The van der Waals surface area contributed by atoms with E-state index in [0.717, 1.165) is 19.3 Å². The molecule has 15 heavy (non-hydrogen) atoms. The van der Waals surface area contributed by atoms with Crippen LogP contribution in [0.4, 0.5) is 0 Å². The van der Waals surface area contributed by atoms with Crippen LogP contribution < -0.4 is 0 Å². The van der Waals surface area contributed by atoms with E-state index in [1.165, 1.54) is 0 Å². The number of carbonyl (C=O) groups is 1. The molecule has 0 heterocycles. The van der Waals surface area contributed by atoms with E-state index in [0.29, 0.717) is 5.92 Å². The second kappa shape index (κ2) is 3.51. The van der Waals surface area contributed by atoms with E-state index in [1.54, 1.807) is 4.90 Å². The third-order valence-corrected chi connectivity index (χ3v) is 3.84. The summed E-state index contributed by atoms with van der Waals surface area (Å²) in [6, 6.07) is 0. The molecule has 0 N–H and O–H groups in total. The van der Waals surface area contributed by atoms with Crippen LogP contribution in [0.25, 0.3) is 0 Å². The number of fused-ring (bicyclic) bond motifs is 2. The summed E-state index contributed by atoms with van der Waals surface area (Å²) in [4.78, 5) is 13.8. The van der Waals surface area contributed by atoms with Gasteiger partial charge >= 0.3 is 0 Å². The van der Waals surface area contributed by atoms with Crippen LogP contribution in [0.1, 0.15) is 19.3 Å². The molecule has 0 spiro atoms. The Labute approximate surface area is 91.6 Å². The van der Waals surface area contributed by atoms with Gasteiger partial charge in [0.05, 0.1) is 0 Å². The molecule has 2 aliphatic rings. The van der Waals surface area contributed by atoms with Crippen molar-refractivity contribution in [3.05, 3.63) is 24.8 Å². The summed E-state index contributed by atoms with van der Waals surface area (Å²) in [5.74, 6) is 1.09. The number of nitrogens with zero attached hydrogens (tertiary/aromatic N) is 1. The van der Waals surface area contributed by atoms with Gasteiger partial charge in [-0.25, -0.2) is 0 Å². The molecule has 82 valence electrons. The van der Waals surface area contributed by atoms with Gasteiger partial charge in [0.25, 0.3) is 0 Å². The fourth-order valence-electron chi connectivity index (χ4n) is 3.13. The van der Waals surface area contributed by atoms with Gasteiger partial charge in [0.2, 0.25) is 5.91 Å². The summed E-state index contributed by atoms with van der Waals surface area (Å²) in [6.45, 7) is 3.82. The first kappa shape index (κ1) is 10.5. The van der Waals surface area contributed by atoms with Gasteiger partial charge in [-0.2, -0.15) is 0 Å². The fourth-order valence-corrected chi connectivity index (χ4v) is 3.13. The summed E-state index contributed by atoms with van der Waals surface area (Å²) < 4.78 is 0. The summed E-state index contributed by atoms with van der Waals surface area (Å²) >= 11 is 0. The average molecular weight is 205 g/mol. The minimum atomic E-state index is 0.0910. The quantitative estimate of drug-likeness (QED) is 0.647. The van der Waals surface area contributed by atoms with Gasteiger partial charge in [-0.15, -0.1) is 6.58 Å². The van der Waals surface area contributed by atoms with Crippen LogP contribution in [-0.4, -0.2) is 24.9 Å². The summed E-state index contributed by atoms with van der Waals surface area (Å²) in [5, 5.41) is 0. The van der Waals surface area contributed by atoms with Gasteiger partial charge < -0.3 is 4.90 Å². The zero-order valence-electron chi connectivity index (χ0n) is 9.57. The van der Waals surface area contributed by atoms with Crippen molar-refractivity contribution < 1.29 is 4.79 Å². The van der Waals surface area contributed by atoms with Gasteiger partial charge in [0.15, 0.2) is 0 Å². The van der Waals surface area contributed by atoms with Crippen LogP contribution in [0.2, 0.25) is 0 Å². The molecule has 0 aromatic rings. The van der Waals surface area contributed by atoms with E-state index in [2.05, 4.69) is 18.7 Å². The molecule has 0 saturated heterocycles. The molecule has 2 aliphatic carbocycles. The van der Waals surface area contributed by atoms with Crippen molar-refractivity contribution in [3.8, 4) is 0 Å². The number of hydrogen-bond donors (Lipinski definition) is 0. The third-order valence-electron chi connectivity index (χ3n) is 3.84. The molecule has 2 bridgehead atoms. The van der Waals surface area contributed by atoms with E-state index in [1.807, 2.05) is 20.2 Å². The first-order valence-electron chi connectivity index (χ1n) is 5.60. The highest BCUT2D eigenvalue weighted by molar-refractivity contribution is 5.80. The molecule has 0 aliphatic heterocycles. The van der Waals surface area contributed by atoms with E-state index in [9.17, 15) is 4.79 Å². The number of hydrogen-bond acceptors (Lipinski definition) is 1. The van der Waals surface area contributed by atoms with Gasteiger partial charge in [-0.05, 0) is 25.2 Å². The molecule has 3 unspecified atom stereocenters. The lowest BCUT2D eigenvalue weighted by atomic mass is 9.75. The standard InChI is InChI=1S/C13H19NO/c1-4-6-13-7-5-10(9-13)8-11(13)12(15)14(2)3/h4-5,7,10-11H,1,6,8-9H2,2-3H3. The monoisotopic (exact) mass is 205 g/mol. The summed E-state index contributed by atoms with van der Waals surface area (Å²) in [7, 11) is 3.69. The van der Waals surface area contributed by atoms with Crippen molar-refractivity contribution in [2.45, 2.75) is 19.3 Å². The molecule has 3 atom stereocenters. The predicted molar refractivity (Wildman–Crippen MR) is 61.3 cm³/mol. The molecule has 2 nitrogen and oxygen atoms in total. The van der Waals surface area contributed by atoms with Crippen molar-refractivity contribution in [1.82, 2.24) is 4.90 Å². The Morgan fingerprint density at radius 3 is 2.93 bits per heavy atom. The second-order valence-electron chi connectivity index (χ2n) is 5.07. The molecule has 0 aromatic carbocycles. The number of amides is 1. The van der Waals surface area contributed by atoms with Crippen LogP contribution in [0.3, 0.4) is 0 Å². The maximum atomic E-state index is 12.1. The van der Waals surface area contributed by atoms with Crippen LogP contribution >= 0.6 is 0 Å². The number of rotatable bonds is 3. The highest BCUT2D eigenvalue weighted by Gasteiger charge is 2.51. The molecule has 0 radical (unpaired) electrons. The van der Waals surface area contributed by atoms with Crippen molar-refractivity contribution in [1.29, 1.82) is 0 Å². The number of carbonyl (C=O) groups excluding carboxylic acids is 1. The molecular formula is C13H19NO. The lowest BCUT2D eigenvalue weighted by molar-refractivity contribution is -0.135. The van der Waals surface area contributed by atoms with E-state index in [4.69, 9.17) is 0 Å². The first-order valence-corrected chi connectivity index (χ1v) is 5.60. The smallest absolute Gasteiger partial charge is 0.226 e. The van der Waals surface area contributed by atoms with Crippen molar-refractivity contribution in [2.75, 3.05) is 14.1 Å². The zero-order chi connectivity index (χ0) is 11.1. The van der Waals surface area contributed by atoms with E-state index in [-0.39, 0.29) is 17.2 Å². The molecule has 0 aromatic heterocycles. The Kier molecular flexibility index (Phi) is 2.45. The molecule has 2 rings (SSSR count). The van der Waals surface area contributed by atoms with Crippen LogP contribution in [0.15, 0.2) is 24.8 Å². The predicted octanol–water partition coefficient (Wildman–Crippen LogP) is 2.23. The minimum Gasteiger partial charge on any atom is -0.349 e. The Hall–Kier alpha value is -1.05. The van der Waals surface area contributed by atoms with Gasteiger partial charge in [0, 0.05) is 25.4 Å². The van der Waals surface area contributed by atoms with E-state index >= 15 is 0 Å². The van der Waals surface area contributed by atoms with E-state index < -0.39 is 0 Å². The maximum Gasteiger partial charge on any atom is 0.226 e. The Morgan fingerprint density at radius 2 is 2.40 bits per heavy atom. The van der Waals surface area contributed by atoms with Crippen molar-refractivity contribution in [2.24, 2.45) is 17.3 Å². The highest BCUT2D eigenvalue weighted by atomic mass is 16.2. The van der Waals surface area contributed by atoms with Crippen LogP contribution in [0, 0.1) is 17.3 Å². The molecular weight excluding hydrogens is 186 g/mol.